The first kappa shape index (κ1) is 19.6. The zero-order valence-electron chi connectivity index (χ0n) is 16.3. The van der Waals surface area contributed by atoms with Crippen LogP contribution >= 0.6 is 0 Å². The molecule has 2 N–H and O–H groups in total. The van der Waals surface area contributed by atoms with Crippen LogP contribution in [0.5, 0.6) is 5.75 Å². The topological polar surface area (TPSA) is 67.4 Å². The number of methoxy groups -OCH3 is 1. The maximum Gasteiger partial charge on any atom is 0.258 e. The molecule has 1 aliphatic rings. The van der Waals surface area contributed by atoms with Crippen molar-refractivity contribution in [1.82, 2.24) is 5.32 Å². The molecule has 1 unspecified atom stereocenters. The maximum absolute atomic E-state index is 14.2. The number of hydrogen-bond donors (Lipinski definition) is 2. The Morgan fingerprint density at radius 3 is 2.60 bits per heavy atom. The Balaban J connectivity index is 1.76. The lowest BCUT2D eigenvalue weighted by atomic mass is 9.93. The van der Waals surface area contributed by atoms with Crippen LogP contribution in [-0.2, 0) is 0 Å². The first-order valence-corrected chi connectivity index (χ1v) is 9.24. The molecule has 1 atom stereocenters. The average molecular weight is 408 g/mol. The highest BCUT2D eigenvalue weighted by molar-refractivity contribution is 6.08. The largest absolute Gasteiger partial charge is 0.497 e. The van der Waals surface area contributed by atoms with E-state index in [9.17, 15) is 18.4 Å². The first-order chi connectivity index (χ1) is 14.4. The summed E-state index contributed by atoms with van der Waals surface area (Å²) >= 11 is 0. The zero-order valence-corrected chi connectivity index (χ0v) is 16.3. The number of aryl methyl sites for hydroxylation is 1. The normalized spacial score (nSPS) is 14.8. The van der Waals surface area contributed by atoms with E-state index in [-0.39, 0.29) is 11.7 Å². The van der Waals surface area contributed by atoms with E-state index < -0.39 is 29.1 Å². The van der Waals surface area contributed by atoms with E-state index in [1.807, 2.05) is 31.2 Å². The number of ether oxygens (including phenoxy) is 1. The van der Waals surface area contributed by atoms with E-state index in [4.69, 9.17) is 4.74 Å². The number of fused-ring (bicyclic) bond motifs is 1. The number of nitrogens with one attached hydrogen (secondary N) is 2. The summed E-state index contributed by atoms with van der Waals surface area (Å²) in [5.41, 5.74) is 2.69. The van der Waals surface area contributed by atoms with Gasteiger partial charge in [0.15, 0.2) is 11.6 Å². The molecule has 0 fully saturated rings. The summed E-state index contributed by atoms with van der Waals surface area (Å²) in [5.74, 6) is -3.56. The van der Waals surface area contributed by atoms with Gasteiger partial charge >= 0.3 is 0 Å². The molecule has 0 spiro atoms. The van der Waals surface area contributed by atoms with E-state index in [0.717, 1.165) is 23.3 Å². The van der Waals surface area contributed by atoms with Crippen LogP contribution in [-0.4, -0.2) is 18.9 Å². The summed E-state index contributed by atoms with van der Waals surface area (Å²) in [7, 11) is 1.29. The van der Waals surface area contributed by atoms with Crippen LogP contribution < -0.4 is 15.4 Å². The van der Waals surface area contributed by atoms with Crippen LogP contribution in [0, 0.1) is 18.6 Å². The fourth-order valence-corrected chi connectivity index (χ4v) is 3.65. The second-order valence-corrected chi connectivity index (χ2v) is 6.95. The van der Waals surface area contributed by atoms with E-state index in [1.54, 1.807) is 18.2 Å². The number of carbonyl (C=O) groups is 2. The Morgan fingerprint density at radius 2 is 1.87 bits per heavy atom. The van der Waals surface area contributed by atoms with E-state index in [1.165, 1.54) is 7.11 Å². The molecule has 1 aliphatic heterocycles. The van der Waals surface area contributed by atoms with Gasteiger partial charge in [-0.2, -0.15) is 0 Å². The summed E-state index contributed by atoms with van der Waals surface area (Å²) in [6, 6.07) is 14.0. The van der Waals surface area contributed by atoms with Gasteiger partial charge in [-0.25, -0.2) is 8.78 Å². The van der Waals surface area contributed by atoms with Gasteiger partial charge in [-0.1, -0.05) is 30.3 Å². The minimum Gasteiger partial charge on any atom is -0.497 e. The number of halogens is 2. The lowest BCUT2D eigenvalue weighted by Gasteiger charge is -2.18. The van der Waals surface area contributed by atoms with Crippen molar-refractivity contribution in [2.45, 2.75) is 13.0 Å². The highest BCUT2D eigenvalue weighted by Gasteiger charge is 2.33. The van der Waals surface area contributed by atoms with Crippen molar-refractivity contribution in [2.24, 2.45) is 0 Å². The molecule has 152 valence electrons. The summed E-state index contributed by atoms with van der Waals surface area (Å²) in [6.45, 7) is 1.93. The van der Waals surface area contributed by atoms with Gasteiger partial charge in [0.25, 0.3) is 11.8 Å². The molecule has 7 heteroatoms. The Hall–Kier alpha value is -3.74. The Bertz CT molecular complexity index is 1180. The van der Waals surface area contributed by atoms with Gasteiger partial charge in [0.05, 0.1) is 18.7 Å². The molecular formula is C23H18F2N2O3. The minimum absolute atomic E-state index is 0.0203. The van der Waals surface area contributed by atoms with E-state index in [2.05, 4.69) is 10.6 Å². The van der Waals surface area contributed by atoms with Gasteiger partial charge in [0.1, 0.15) is 5.75 Å². The SMILES string of the molecule is COc1cc(F)c(F)c(C(=O)Nc2cccc3c2C(c2ccccc2C)NC3=O)c1. The monoisotopic (exact) mass is 408 g/mol. The van der Waals surface area contributed by atoms with Crippen LogP contribution in [0.2, 0.25) is 0 Å². The van der Waals surface area contributed by atoms with Crippen molar-refractivity contribution >= 4 is 17.5 Å². The number of rotatable bonds is 4. The highest BCUT2D eigenvalue weighted by Crippen LogP contribution is 2.37. The van der Waals surface area contributed by atoms with Crippen molar-refractivity contribution < 1.29 is 23.1 Å². The van der Waals surface area contributed by atoms with Crippen molar-refractivity contribution in [3.05, 3.63) is 94.0 Å². The molecule has 5 nitrogen and oxygen atoms in total. The molecular weight excluding hydrogens is 390 g/mol. The molecule has 2 amide bonds. The summed E-state index contributed by atoms with van der Waals surface area (Å²) in [4.78, 5) is 25.3. The summed E-state index contributed by atoms with van der Waals surface area (Å²) in [6.07, 6.45) is 0. The molecule has 0 bridgehead atoms. The molecule has 30 heavy (non-hydrogen) atoms. The lowest BCUT2D eigenvalue weighted by molar-refractivity contribution is 0.0959. The number of anilines is 1. The quantitative estimate of drug-likeness (QED) is 0.674. The average Bonchev–Trinajstić information content (AvgIpc) is 3.07. The van der Waals surface area contributed by atoms with Gasteiger partial charge < -0.3 is 15.4 Å². The van der Waals surface area contributed by atoms with Crippen molar-refractivity contribution in [1.29, 1.82) is 0 Å². The molecule has 0 aliphatic carbocycles. The number of benzene rings is 3. The molecule has 0 aromatic heterocycles. The minimum atomic E-state index is -1.27. The third kappa shape index (κ3) is 3.28. The maximum atomic E-state index is 14.2. The zero-order chi connectivity index (χ0) is 21.4. The number of carbonyl (C=O) groups excluding carboxylic acids is 2. The second-order valence-electron chi connectivity index (χ2n) is 6.95. The summed E-state index contributed by atoms with van der Waals surface area (Å²) < 4.78 is 33.0. The lowest BCUT2D eigenvalue weighted by Crippen LogP contribution is -2.21. The molecule has 1 heterocycles. The smallest absolute Gasteiger partial charge is 0.258 e. The van der Waals surface area contributed by atoms with Crippen molar-refractivity contribution in [2.75, 3.05) is 12.4 Å². The van der Waals surface area contributed by atoms with Crippen LogP contribution in [0.1, 0.15) is 43.4 Å². The number of amides is 2. The molecule has 4 rings (SSSR count). The fourth-order valence-electron chi connectivity index (χ4n) is 3.65. The summed E-state index contributed by atoms with van der Waals surface area (Å²) in [5, 5.41) is 5.55. The van der Waals surface area contributed by atoms with Crippen molar-refractivity contribution in [3.63, 3.8) is 0 Å². The highest BCUT2D eigenvalue weighted by atomic mass is 19.2. The Labute approximate surface area is 171 Å². The van der Waals surface area contributed by atoms with Gasteiger partial charge in [-0.05, 0) is 36.2 Å². The van der Waals surface area contributed by atoms with Crippen LogP contribution in [0.3, 0.4) is 0 Å². The van der Waals surface area contributed by atoms with Crippen LogP contribution in [0.4, 0.5) is 14.5 Å². The molecule has 0 saturated carbocycles. The third-order valence-corrected chi connectivity index (χ3v) is 5.14. The van der Waals surface area contributed by atoms with Gasteiger partial charge in [-0.15, -0.1) is 0 Å². The second kappa shape index (κ2) is 7.59. The Morgan fingerprint density at radius 1 is 1.10 bits per heavy atom. The van der Waals surface area contributed by atoms with E-state index in [0.29, 0.717) is 16.8 Å². The van der Waals surface area contributed by atoms with Crippen LogP contribution in [0.25, 0.3) is 0 Å². The predicted octanol–water partition coefficient (Wildman–Crippen LogP) is 4.37. The Kier molecular flexibility index (Phi) is 4.95. The van der Waals surface area contributed by atoms with Gasteiger partial charge in [-0.3, -0.25) is 9.59 Å². The predicted molar refractivity (Wildman–Crippen MR) is 108 cm³/mol. The van der Waals surface area contributed by atoms with Crippen molar-refractivity contribution in [3.8, 4) is 5.75 Å². The standard InChI is InChI=1S/C23H18F2N2O3/c1-12-6-3-4-7-14(12)21-19-15(22(28)27-21)8-5-9-18(19)26-23(29)16-10-13(30-2)11-17(24)20(16)25/h3-11,21H,1-2H3,(H,26,29)(H,27,28). The fraction of sp³-hybridized carbons (Fsp3) is 0.130. The third-order valence-electron chi connectivity index (χ3n) is 5.14. The van der Waals surface area contributed by atoms with Gasteiger partial charge in [0.2, 0.25) is 0 Å². The number of hydrogen-bond acceptors (Lipinski definition) is 3. The molecule has 0 radical (unpaired) electrons. The van der Waals surface area contributed by atoms with E-state index >= 15 is 0 Å². The van der Waals surface area contributed by atoms with Gasteiger partial charge in [0, 0.05) is 22.9 Å². The molecule has 3 aromatic rings. The van der Waals surface area contributed by atoms with Crippen LogP contribution in [0.15, 0.2) is 54.6 Å². The molecule has 3 aromatic carbocycles. The molecule has 0 saturated heterocycles. The first-order valence-electron chi connectivity index (χ1n) is 9.24.